The number of pyridine rings is 1. The molecule has 230 valence electrons. The highest BCUT2D eigenvalue weighted by atomic mass is 35.5. The zero-order valence-corrected chi connectivity index (χ0v) is 27.0. The van der Waals surface area contributed by atoms with Crippen LogP contribution < -0.4 is 4.72 Å². The van der Waals surface area contributed by atoms with Crippen LogP contribution in [0.15, 0.2) is 52.9 Å². The summed E-state index contributed by atoms with van der Waals surface area (Å²) in [6.07, 6.45) is 0.755. The number of halogens is 3. The van der Waals surface area contributed by atoms with Crippen molar-refractivity contribution in [2.45, 2.75) is 39.3 Å². The van der Waals surface area contributed by atoms with Gasteiger partial charge in [0.15, 0.2) is 5.84 Å². The van der Waals surface area contributed by atoms with Gasteiger partial charge in [0.2, 0.25) is 6.41 Å². The number of nitrogens with one attached hydrogen (secondary N) is 1. The predicted molar refractivity (Wildman–Crippen MR) is 170 cm³/mol. The smallest absolute Gasteiger partial charge is 0.344 e. The zero-order valence-electron chi connectivity index (χ0n) is 24.7. The third-order valence-electron chi connectivity index (χ3n) is 7.06. The van der Waals surface area contributed by atoms with Crippen LogP contribution in [0.1, 0.15) is 43.4 Å². The van der Waals surface area contributed by atoms with Crippen LogP contribution in [0, 0.1) is 5.82 Å². The molecular weight excluding hydrogens is 614 g/mol. The van der Waals surface area contributed by atoms with E-state index in [1.807, 2.05) is 51.9 Å². The number of hydrogen-bond donors (Lipinski definition) is 1. The van der Waals surface area contributed by atoms with Gasteiger partial charge in [-0.25, -0.2) is 9.37 Å². The lowest BCUT2D eigenvalue weighted by atomic mass is 9.99. The summed E-state index contributed by atoms with van der Waals surface area (Å²) in [5.74, 6) is -0.485. The minimum atomic E-state index is -4.35. The Kier molecular flexibility index (Phi) is 10.3. The van der Waals surface area contributed by atoms with Crippen molar-refractivity contribution in [3.63, 3.8) is 0 Å². The van der Waals surface area contributed by atoms with E-state index in [4.69, 9.17) is 23.2 Å². The summed E-state index contributed by atoms with van der Waals surface area (Å²) in [6, 6.07) is 12.7. The van der Waals surface area contributed by atoms with E-state index in [0.29, 0.717) is 25.3 Å². The summed E-state index contributed by atoms with van der Waals surface area (Å²) in [6.45, 7) is 7.50. The summed E-state index contributed by atoms with van der Waals surface area (Å²) in [5, 5.41) is -0.0298. The summed E-state index contributed by atoms with van der Waals surface area (Å²) in [5.41, 5.74) is 2.72. The maximum atomic E-state index is 14.6. The number of amidine groups is 1. The first-order valence-electron chi connectivity index (χ1n) is 13.8. The average molecular weight is 650 g/mol. The van der Waals surface area contributed by atoms with Gasteiger partial charge in [0.05, 0.1) is 22.0 Å². The Bertz CT molecular complexity index is 1630. The zero-order chi connectivity index (χ0) is 31.5. The second kappa shape index (κ2) is 13.6. The standard InChI is InChI=1S/C30H35Cl2FN6O3S/c1-19(2)23-14-21(17-37(4)5)10-11-27(23)35-43(41,42)36-30(39-13-12-38(18-40)16-20(39)3)24-15-25(31)28(34-29(24)32)22-8-6-7-9-26(22)33/h6-11,14-15,18-20,35H,12-13,16-17H2,1-5H3/t20-/m0/s1. The second-order valence-corrected chi connectivity index (χ2v) is 13.2. The van der Waals surface area contributed by atoms with Gasteiger partial charge in [-0.15, -0.1) is 4.40 Å². The topological polar surface area (TPSA) is 98.2 Å². The fraction of sp³-hybridized carbons (Fsp3) is 0.367. The third-order valence-corrected chi connectivity index (χ3v) is 8.53. The third kappa shape index (κ3) is 7.83. The molecule has 0 saturated carbocycles. The molecule has 0 bridgehead atoms. The molecule has 0 unspecified atom stereocenters. The van der Waals surface area contributed by atoms with E-state index in [9.17, 15) is 17.6 Å². The van der Waals surface area contributed by atoms with Crippen LogP contribution in [0.25, 0.3) is 11.3 Å². The molecule has 3 aromatic rings. The van der Waals surface area contributed by atoms with E-state index in [0.717, 1.165) is 17.5 Å². The molecule has 1 aliphatic heterocycles. The van der Waals surface area contributed by atoms with Crippen molar-refractivity contribution in [1.82, 2.24) is 19.7 Å². The maximum absolute atomic E-state index is 14.6. The lowest BCUT2D eigenvalue weighted by Crippen LogP contribution is -2.54. The predicted octanol–water partition coefficient (Wildman–Crippen LogP) is 5.65. The molecule has 43 heavy (non-hydrogen) atoms. The minimum absolute atomic E-state index is 0.0142. The number of aromatic nitrogens is 1. The monoisotopic (exact) mass is 648 g/mol. The Morgan fingerprint density at radius 2 is 1.91 bits per heavy atom. The van der Waals surface area contributed by atoms with Crippen molar-refractivity contribution in [2.24, 2.45) is 4.40 Å². The van der Waals surface area contributed by atoms with Crippen LogP contribution in [0.2, 0.25) is 10.2 Å². The lowest BCUT2D eigenvalue weighted by Gasteiger charge is -2.40. The first-order valence-corrected chi connectivity index (χ1v) is 16.0. The molecule has 13 heteroatoms. The van der Waals surface area contributed by atoms with E-state index < -0.39 is 16.0 Å². The molecule has 9 nitrogen and oxygen atoms in total. The average Bonchev–Trinajstić information content (AvgIpc) is 2.93. The molecule has 1 aliphatic rings. The molecular formula is C30H35Cl2FN6O3S. The molecule has 1 aromatic heterocycles. The summed E-state index contributed by atoms with van der Waals surface area (Å²) >= 11 is 13.2. The molecule has 1 N–H and O–H groups in total. The molecule has 1 saturated heterocycles. The van der Waals surface area contributed by atoms with Gasteiger partial charge in [-0.3, -0.25) is 9.52 Å². The number of nitrogens with zero attached hydrogens (tertiary/aromatic N) is 5. The van der Waals surface area contributed by atoms with Crippen LogP contribution in [-0.4, -0.2) is 80.1 Å². The van der Waals surface area contributed by atoms with Crippen molar-refractivity contribution in [3.05, 3.63) is 81.2 Å². The van der Waals surface area contributed by atoms with Gasteiger partial charge in [-0.1, -0.05) is 61.3 Å². The Labute approximate surface area is 262 Å². The minimum Gasteiger partial charge on any atom is -0.349 e. The largest absolute Gasteiger partial charge is 0.349 e. The van der Waals surface area contributed by atoms with Crippen LogP contribution in [0.4, 0.5) is 10.1 Å². The summed E-state index contributed by atoms with van der Waals surface area (Å²) in [7, 11) is -0.421. The highest BCUT2D eigenvalue weighted by molar-refractivity contribution is 7.91. The number of amides is 1. The molecule has 2 aromatic carbocycles. The Hall–Kier alpha value is -3.25. The number of carbonyl (C=O) groups excluding carboxylic acids is 1. The Morgan fingerprint density at radius 1 is 1.19 bits per heavy atom. The number of rotatable bonds is 9. The van der Waals surface area contributed by atoms with Gasteiger partial charge in [-0.2, -0.15) is 8.42 Å². The van der Waals surface area contributed by atoms with E-state index in [2.05, 4.69) is 14.1 Å². The molecule has 0 aliphatic carbocycles. The molecule has 0 radical (unpaired) electrons. The summed E-state index contributed by atoms with van der Waals surface area (Å²) < 4.78 is 48.8. The molecule has 1 fully saturated rings. The Balaban J connectivity index is 1.81. The normalized spacial score (nSPS) is 16.2. The lowest BCUT2D eigenvalue weighted by molar-refractivity contribution is -0.120. The van der Waals surface area contributed by atoms with Crippen molar-refractivity contribution < 1.29 is 17.6 Å². The van der Waals surface area contributed by atoms with E-state index >= 15 is 0 Å². The number of anilines is 1. The maximum Gasteiger partial charge on any atom is 0.344 e. The van der Waals surface area contributed by atoms with Crippen molar-refractivity contribution in [1.29, 1.82) is 0 Å². The number of piperazine rings is 1. The highest BCUT2D eigenvalue weighted by Gasteiger charge is 2.30. The first kappa shape index (κ1) is 32.7. The van der Waals surface area contributed by atoms with Crippen LogP contribution in [-0.2, 0) is 21.5 Å². The van der Waals surface area contributed by atoms with Gasteiger partial charge in [0, 0.05) is 37.8 Å². The van der Waals surface area contributed by atoms with Crippen molar-refractivity contribution in [3.8, 4) is 11.3 Å². The number of carbonyl (C=O) groups is 1. The van der Waals surface area contributed by atoms with Crippen LogP contribution in [0.5, 0.6) is 0 Å². The SMILES string of the molecule is CC(C)c1cc(CN(C)C)ccc1NS(=O)(=O)N=C(c1cc(Cl)c(-c2ccccc2F)nc1Cl)N1CCN(C=O)C[C@@H]1C. The Morgan fingerprint density at radius 3 is 2.53 bits per heavy atom. The molecule has 1 atom stereocenters. The molecule has 2 heterocycles. The molecule has 1 amide bonds. The van der Waals surface area contributed by atoms with Crippen LogP contribution >= 0.6 is 23.2 Å². The van der Waals surface area contributed by atoms with Gasteiger partial charge >= 0.3 is 10.2 Å². The molecule has 4 rings (SSSR count). The van der Waals surface area contributed by atoms with Gasteiger partial charge < -0.3 is 14.7 Å². The molecule has 0 spiro atoms. The van der Waals surface area contributed by atoms with E-state index in [1.165, 1.54) is 18.2 Å². The van der Waals surface area contributed by atoms with E-state index in [-0.39, 0.29) is 51.3 Å². The summed E-state index contributed by atoms with van der Waals surface area (Å²) in [4.78, 5) is 21.2. The van der Waals surface area contributed by atoms with Gasteiger partial charge in [0.1, 0.15) is 11.0 Å². The second-order valence-electron chi connectivity index (χ2n) is 11.1. The van der Waals surface area contributed by atoms with Crippen molar-refractivity contribution in [2.75, 3.05) is 38.5 Å². The number of benzene rings is 2. The fourth-order valence-electron chi connectivity index (χ4n) is 5.04. The first-order chi connectivity index (χ1) is 20.3. The van der Waals surface area contributed by atoms with Gasteiger partial charge in [-0.05, 0) is 62.3 Å². The fourth-order valence-corrected chi connectivity index (χ4v) is 6.46. The van der Waals surface area contributed by atoms with E-state index in [1.54, 1.807) is 28.0 Å². The number of hydrogen-bond acceptors (Lipinski definition) is 5. The van der Waals surface area contributed by atoms with Crippen molar-refractivity contribution >= 4 is 51.3 Å². The van der Waals surface area contributed by atoms with Crippen LogP contribution in [0.3, 0.4) is 0 Å². The van der Waals surface area contributed by atoms with Gasteiger partial charge in [0.25, 0.3) is 0 Å². The quantitative estimate of drug-likeness (QED) is 0.139. The highest BCUT2D eigenvalue weighted by Crippen LogP contribution is 2.33.